The third-order valence-electron chi connectivity index (χ3n) is 1.31. The number of pyridine rings is 1. The molecule has 0 saturated carbocycles. The van der Waals surface area contributed by atoms with E-state index < -0.39 is 18.3 Å². The van der Waals surface area contributed by atoms with Crippen LogP contribution >= 0.6 is 11.6 Å². The molecule has 0 bridgehead atoms. The number of nitrogens with one attached hydrogen (secondary N) is 1. The lowest BCUT2D eigenvalue weighted by Crippen LogP contribution is -2.16. The summed E-state index contributed by atoms with van der Waals surface area (Å²) in [6, 6.07) is 3.03. The topological polar surface area (TPSA) is 79.3 Å². The number of amides is 1. The molecular formula is C8H7ClN2O3. The molecule has 0 saturated heterocycles. The molecule has 0 aliphatic heterocycles. The molecule has 0 aliphatic carbocycles. The van der Waals surface area contributed by atoms with E-state index in [4.69, 9.17) is 16.7 Å². The van der Waals surface area contributed by atoms with Crippen LogP contribution in [0.25, 0.3) is 0 Å². The fourth-order valence-electron chi connectivity index (χ4n) is 0.774. The second kappa shape index (κ2) is 4.57. The summed E-state index contributed by atoms with van der Waals surface area (Å²) in [5.74, 6) is -1.52. The van der Waals surface area contributed by atoms with Crippen molar-refractivity contribution in [2.24, 2.45) is 0 Å². The average Bonchev–Trinajstić information content (AvgIpc) is 2.07. The molecule has 1 amide bonds. The van der Waals surface area contributed by atoms with E-state index in [1.54, 1.807) is 6.07 Å². The standard InChI is InChI=1S/C8H7ClN2O3/c9-5-1-2-6(10-4-5)11-7(12)3-8(13)14/h1-2,4H,3H2,(H,13,14)(H,10,11,12). The lowest BCUT2D eigenvalue weighted by molar-refractivity contribution is -0.139. The van der Waals surface area contributed by atoms with Crippen LogP contribution in [0.2, 0.25) is 5.02 Å². The first-order valence-corrected chi connectivity index (χ1v) is 4.09. The molecule has 6 heteroatoms. The van der Waals surface area contributed by atoms with Gasteiger partial charge in [0.05, 0.1) is 5.02 Å². The van der Waals surface area contributed by atoms with E-state index in [0.717, 1.165) is 0 Å². The Kier molecular flexibility index (Phi) is 3.41. The van der Waals surface area contributed by atoms with Crippen molar-refractivity contribution in [3.8, 4) is 0 Å². The van der Waals surface area contributed by atoms with E-state index in [1.807, 2.05) is 0 Å². The van der Waals surface area contributed by atoms with Crippen molar-refractivity contribution < 1.29 is 14.7 Å². The van der Waals surface area contributed by atoms with Crippen molar-refractivity contribution in [3.63, 3.8) is 0 Å². The SMILES string of the molecule is O=C(O)CC(=O)Nc1ccc(Cl)cn1. The number of rotatable bonds is 3. The van der Waals surface area contributed by atoms with E-state index in [9.17, 15) is 9.59 Å². The molecule has 1 heterocycles. The fraction of sp³-hybridized carbons (Fsp3) is 0.125. The van der Waals surface area contributed by atoms with Crippen molar-refractivity contribution in [1.82, 2.24) is 4.98 Å². The second-order valence-corrected chi connectivity index (χ2v) is 2.92. The smallest absolute Gasteiger partial charge is 0.312 e. The molecule has 0 unspecified atom stereocenters. The van der Waals surface area contributed by atoms with Gasteiger partial charge in [0.25, 0.3) is 0 Å². The summed E-state index contributed by atoms with van der Waals surface area (Å²) < 4.78 is 0. The maximum atomic E-state index is 10.9. The number of carbonyl (C=O) groups is 2. The van der Waals surface area contributed by atoms with Gasteiger partial charge in [-0.1, -0.05) is 11.6 Å². The molecule has 0 radical (unpaired) electrons. The van der Waals surface area contributed by atoms with E-state index >= 15 is 0 Å². The molecule has 1 aromatic rings. The Hall–Kier alpha value is -1.62. The Morgan fingerprint density at radius 1 is 1.50 bits per heavy atom. The number of aliphatic carboxylic acids is 1. The number of hydrogen-bond acceptors (Lipinski definition) is 3. The van der Waals surface area contributed by atoms with E-state index in [-0.39, 0.29) is 5.82 Å². The van der Waals surface area contributed by atoms with Crippen LogP contribution in [0.15, 0.2) is 18.3 Å². The number of carboxylic acid groups (broad SMARTS) is 1. The van der Waals surface area contributed by atoms with Crippen molar-refractivity contribution in [2.45, 2.75) is 6.42 Å². The van der Waals surface area contributed by atoms with Crippen LogP contribution in [0.3, 0.4) is 0 Å². The normalized spacial score (nSPS) is 9.50. The summed E-state index contributed by atoms with van der Waals surface area (Å²) in [6.07, 6.45) is 0.780. The molecule has 1 aromatic heterocycles. The number of aromatic nitrogens is 1. The quantitative estimate of drug-likeness (QED) is 0.740. The van der Waals surface area contributed by atoms with Gasteiger partial charge in [-0.3, -0.25) is 9.59 Å². The molecular weight excluding hydrogens is 208 g/mol. The van der Waals surface area contributed by atoms with Crippen LogP contribution in [0, 0.1) is 0 Å². The van der Waals surface area contributed by atoms with Crippen molar-refractivity contribution in [1.29, 1.82) is 0 Å². The van der Waals surface area contributed by atoms with Gasteiger partial charge in [-0.2, -0.15) is 0 Å². The third-order valence-corrected chi connectivity index (χ3v) is 1.53. The maximum Gasteiger partial charge on any atom is 0.312 e. The van der Waals surface area contributed by atoms with Crippen LogP contribution in [-0.2, 0) is 9.59 Å². The Balaban J connectivity index is 2.56. The molecule has 2 N–H and O–H groups in total. The minimum atomic E-state index is -1.18. The number of hydrogen-bond donors (Lipinski definition) is 2. The summed E-state index contributed by atoms with van der Waals surface area (Å²) >= 11 is 5.56. The fourth-order valence-corrected chi connectivity index (χ4v) is 0.886. The number of carbonyl (C=O) groups excluding carboxylic acids is 1. The monoisotopic (exact) mass is 214 g/mol. The molecule has 1 rings (SSSR count). The Morgan fingerprint density at radius 3 is 2.71 bits per heavy atom. The van der Waals surface area contributed by atoms with Gasteiger partial charge in [0.15, 0.2) is 0 Å². The van der Waals surface area contributed by atoms with E-state index in [0.29, 0.717) is 5.02 Å². The van der Waals surface area contributed by atoms with Crippen LogP contribution in [0.4, 0.5) is 5.82 Å². The number of halogens is 1. The van der Waals surface area contributed by atoms with Gasteiger partial charge < -0.3 is 10.4 Å². The van der Waals surface area contributed by atoms with Gasteiger partial charge in [0, 0.05) is 6.20 Å². The molecule has 0 fully saturated rings. The van der Waals surface area contributed by atoms with Crippen LogP contribution in [0.1, 0.15) is 6.42 Å². The highest BCUT2D eigenvalue weighted by Crippen LogP contribution is 2.09. The Bertz CT molecular complexity index is 350. The van der Waals surface area contributed by atoms with E-state index in [2.05, 4.69) is 10.3 Å². The zero-order valence-electron chi connectivity index (χ0n) is 7.03. The molecule has 14 heavy (non-hydrogen) atoms. The Labute approximate surface area is 84.7 Å². The summed E-state index contributed by atoms with van der Waals surface area (Å²) in [7, 11) is 0. The first-order chi connectivity index (χ1) is 6.58. The average molecular weight is 215 g/mol. The number of carboxylic acids is 1. The number of anilines is 1. The molecule has 74 valence electrons. The van der Waals surface area contributed by atoms with Gasteiger partial charge in [-0.05, 0) is 12.1 Å². The maximum absolute atomic E-state index is 10.9. The van der Waals surface area contributed by atoms with Gasteiger partial charge >= 0.3 is 5.97 Å². The summed E-state index contributed by atoms with van der Waals surface area (Å²) in [6.45, 7) is 0. The molecule has 0 aliphatic rings. The highest BCUT2D eigenvalue weighted by Gasteiger charge is 2.07. The molecule has 5 nitrogen and oxygen atoms in total. The zero-order valence-corrected chi connectivity index (χ0v) is 7.78. The first-order valence-electron chi connectivity index (χ1n) is 3.71. The predicted octanol–water partition coefficient (Wildman–Crippen LogP) is 1.15. The Morgan fingerprint density at radius 2 is 2.21 bits per heavy atom. The molecule has 0 atom stereocenters. The lowest BCUT2D eigenvalue weighted by Gasteiger charge is -2.01. The minimum Gasteiger partial charge on any atom is -0.481 e. The molecule has 0 aromatic carbocycles. The van der Waals surface area contributed by atoms with Gasteiger partial charge in [-0.25, -0.2) is 4.98 Å². The second-order valence-electron chi connectivity index (χ2n) is 2.48. The highest BCUT2D eigenvalue weighted by atomic mass is 35.5. The first kappa shape index (κ1) is 10.5. The molecule has 0 spiro atoms. The predicted molar refractivity (Wildman–Crippen MR) is 50.1 cm³/mol. The van der Waals surface area contributed by atoms with Gasteiger partial charge in [0.1, 0.15) is 12.2 Å². The van der Waals surface area contributed by atoms with Gasteiger partial charge in [0.2, 0.25) is 5.91 Å². The van der Waals surface area contributed by atoms with Crippen molar-refractivity contribution in [3.05, 3.63) is 23.4 Å². The zero-order chi connectivity index (χ0) is 10.6. The van der Waals surface area contributed by atoms with Crippen LogP contribution in [0.5, 0.6) is 0 Å². The summed E-state index contributed by atoms with van der Waals surface area (Å²) in [5, 5.41) is 11.1. The lowest BCUT2D eigenvalue weighted by atomic mass is 10.4. The summed E-state index contributed by atoms with van der Waals surface area (Å²) in [4.78, 5) is 24.9. The van der Waals surface area contributed by atoms with Gasteiger partial charge in [-0.15, -0.1) is 0 Å². The van der Waals surface area contributed by atoms with E-state index in [1.165, 1.54) is 12.3 Å². The van der Waals surface area contributed by atoms with Crippen molar-refractivity contribution in [2.75, 3.05) is 5.32 Å². The van der Waals surface area contributed by atoms with Crippen LogP contribution < -0.4 is 5.32 Å². The number of nitrogens with zero attached hydrogens (tertiary/aromatic N) is 1. The third kappa shape index (κ3) is 3.40. The largest absolute Gasteiger partial charge is 0.481 e. The minimum absolute atomic E-state index is 0.278. The van der Waals surface area contributed by atoms with Crippen LogP contribution in [-0.4, -0.2) is 22.0 Å². The summed E-state index contributed by atoms with van der Waals surface area (Å²) in [5.41, 5.74) is 0. The highest BCUT2D eigenvalue weighted by molar-refractivity contribution is 6.30. The van der Waals surface area contributed by atoms with Crippen molar-refractivity contribution >= 4 is 29.3 Å².